The Bertz CT molecular complexity index is 1190. The molecule has 0 aliphatic carbocycles. The number of hydrogen-bond donors (Lipinski definition) is 1. The zero-order valence-electron chi connectivity index (χ0n) is 17.4. The molecule has 0 aliphatic rings. The van der Waals surface area contributed by atoms with Gasteiger partial charge < -0.3 is 14.6 Å². The first kappa shape index (κ1) is 22.5. The molecule has 0 fully saturated rings. The molecule has 158 valence electrons. The van der Waals surface area contributed by atoms with E-state index in [9.17, 15) is 10.1 Å². The molecule has 1 aromatic heterocycles. The second-order valence-corrected chi connectivity index (χ2v) is 7.78. The fourth-order valence-electron chi connectivity index (χ4n) is 3.28. The molecule has 3 rings (SSSR count). The summed E-state index contributed by atoms with van der Waals surface area (Å²) in [4.78, 5) is 12.6. The van der Waals surface area contributed by atoms with Gasteiger partial charge in [0.1, 0.15) is 17.4 Å². The van der Waals surface area contributed by atoms with E-state index in [1.54, 1.807) is 25.3 Å². The molecule has 7 heteroatoms. The summed E-state index contributed by atoms with van der Waals surface area (Å²) in [6.07, 6.45) is 1.60. The first-order valence-electron chi connectivity index (χ1n) is 9.51. The molecule has 3 aromatic rings. The van der Waals surface area contributed by atoms with Crippen molar-refractivity contribution in [2.45, 2.75) is 20.4 Å². The predicted molar refractivity (Wildman–Crippen MR) is 124 cm³/mol. The second kappa shape index (κ2) is 9.74. The van der Waals surface area contributed by atoms with E-state index in [4.69, 9.17) is 27.9 Å². The highest BCUT2D eigenvalue weighted by Crippen LogP contribution is 2.28. The normalized spacial score (nSPS) is 11.2. The van der Waals surface area contributed by atoms with Crippen molar-refractivity contribution in [3.05, 3.63) is 86.7 Å². The lowest BCUT2D eigenvalue weighted by Gasteiger charge is -2.10. The number of aryl methyl sites for hydroxylation is 1. The minimum atomic E-state index is -0.433. The van der Waals surface area contributed by atoms with Crippen LogP contribution in [0.4, 0.5) is 0 Å². The smallest absolute Gasteiger partial charge is 0.262 e. The topological polar surface area (TPSA) is 67.0 Å². The molecule has 0 saturated heterocycles. The molecule has 1 amide bonds. The van der Waals surface area contributed by atoms with Crippen LogP contribution in [-0.4, -0.2) is 17.6 Å². The van der Waals surface area contributed by atoms with Gasteiger partial charge in [-0.25, -0.2) is 0 Å². The first-order chi connectivity index (χ1) is 14.8. The lowest BCUT2D eigenvalue weighted by atomic mass is 10.1. The van der Waals surface area contributed by atoms with E-state index in [1.165, 1.54) is 0 Å². The van der Waals surface area contributed by atoms with E-state index < -0.39 is 5.91 Å². The van der Waals surface area contributed by atoms with Gasteiger partial charge in [-0.1, -0.05) is 35.3 Å². The summed E-state index contributed by atoms with van der Waals surface area (Å²) in [5.74, 6) is 0.308. The average molecular weight is 454 g/mol. The molecule has 1 heterocycles. The molecule has 5 nitrogen and oxygen atoms in total. The molecular weight excluding hydrogens is 433 g/mol. The van der Waals surface area contributed by atoms with Crippen molar-refractivity contribution in [3.63, 3.8) is 0 Å². The highest BCUT2D eigenvalue weighted by Gasteiger charge is 2.14. The average Bonchev–Trinajstić information content (AvgIpc) is 3.05. The number of carbonyl (C=O) groups is 1. The lowest BCUT2D eigenvalue weighted by molar-refractivity contribution is -0.117. The van der Waals surface area contributed by atoms with Gasteiger partial charge in [0.15, 0.2) is 0 Å². The third-order valence-electron chi connectivity index (χ3n) is 4.91. The number of amides is 1. The van der Waals surface area contributed by atoms with Crippen LogP contribution in [-0.2, 0) is 11.3 Å². The maximum absolute atomic E-state index is 12.6. The van der Waals surface area contributed by atoms with Crippen molar-refractivity contribution in [3.8, 4) is 17.5 Å². The van der Waals surface area contributed by atoms with Crippen molar-refractivity contribution in [2.24, 2.45) is 0 Å². The number of nitriles is 1. The Hall–Kier alpha value is -3.20. The number of nitrogens with one attached hydrogen (secondary N) is 1. The number of rotatable bonds is 6. The van der Waals surface area contributed by atoms with Gasteiger partial charge in [0.2, 0.25) is 0 Å². The first-order valence-corrected chi connectivity index (χ1v) is 10.3. The molecule has 0 unspecified atom stereocenters. The Kier molecular flexibility index (Phi) is 7.06. The van der Waals surface area contributed by atoms with Crippen molar-refractivity contribution in [1.29, 1.82) is 5.26 Å². The number of ether oxygens (including phenoxy) is 1. The number of benzene rings is 2. The molecule has 0 spiro atoms. The number of hydrogen-bond acceptors (Lipinski definition) is 3. The Morgan fingerprint density at radius 2 is 1.84 bits per heavy atom. The van der Waals surface area contributed by atoms with Crippen LogP contribution in [0.3, 0.4) is 0 Å². The summed E-state index contributed by atoms with van der Waals surface area (Å²) in [5, 5.41) is 13.3. The predicted octanol–water partition coefficient (Wildman–Crippen LogP) is 5.63. The van der Waals surface area contributed by atoms with Crippen LogP contribution in [0.15, 0.2) is 54.1 Å². The van der Waals surface area contributed by atoms with Crippen molar-refractivity contribution >= 4 is 35.2 Å². The van der Waals surface area contributed by atoms with E-state index >= 15 is 0 Å². The van der Waals surface area contributed by atoms with Gasteiger partial charge in [0, 0.05) is 23.6 Å². The molecule has 0 bridgehead atoms. The fourth-order valence-corrected chi connectivity index (χ4v) is 3.57. The van der Waals surface area contributed by atoms with Gasteiger partial charge in [-0.05, 0) is 67.4 Å². The Morgan fingerprint density at radius 1 is 1.13 bits per heavy atom. The molecule has 31 heavy (non-hydrogen) atoms. The van der Waals surface area contributed by atoms with E-state index in [-0.39, 0.29) is 5.57 Å². The number of aromatic nitrogens is 1. The Morgan fingerprint density at radius 3 is 2.45 bits per heavy atom. The van der Waals surface area contributed by atoms with Crippen LogP contribution in [0.25, 0.3) is 11.8 Å². The Labute approximate surface area is 191 Å². The van der Waals surface area contributed by atoms with Crippen LogP contribution in [0, 0.1) is 25.2 Å². The summed E-state index contributed by atoms with van der Waals surface area (Å²) in [5.41, 5.74) is 4.39. The molecule has 2 aromatic carbocycles. The third kappa shape index (κ3) is 5.11. The summed E-state index contributed by atoms with van der Waals surface area (Å²) in [6.45, 7) is 4.18. The number of carbonyl (C=O) groups excluding carboxylic acids is 1. The van der Waals surface area contributed by atoms with Crippen molar-refractivity contribution < 1.29 is 9.53 Å². The minimum absolute atomic E-state index is 0.0305. The summed E-state index contributed by atoms with van der Waals surface area (Å²) >= 11 is 12.2. The SMILES string of the molecule is COc1ccc(CNC(=O)/C(C#N)=C/c2cc(C)n(-c3ccc(Cl)c(Cl)c3)c2C)cc1. The maximum atomic E-state index is 12.6. The molecule has 0 atom stereocenters. The standard InChI is InChI=1S/C24H21Cl2N3O2/c1-15-10-18(16(2)29(15)20-6-9-22(25)23(26)12-20)11-19(13-27)24(30)28-14-17-4-7-21(31-3)8-5-17/h4-12H,14H2,1-3H3,(H,28,30)/b19-11+. The van der Waals surface area contributed by atoms with E-state index in [2.05, 4.69) is 5.32 Å². The summed E-state index contributed by atoms with van der Waals surface area (Å²) < 4.78 is 7.13. The van der Waals surface area contributed by atoms with Gasteiger partial charge in [-0.3, -0.25) is 4.79 Å². The van der Waals surface area contributed by atoms with Crippen LogP contribution in [0.5, 0.6) is 5.75 Å². The van der Waals surface area contributed by atoms with Crippen molar-refractivity contribution in [1.82, 2.24) is 9.88 Å². The number of methoxy groups -OCH3 is 1. The third-order valence-corrected chi connectivity index (χ3v) is 5.65. The van der Waals surface area contributed by atoms with E-state index in [0.717, 1.165) is 34.0 Å². The lowest BCUT2D eigenvalue weighted by Crippen LogP contribution is -2.23. The highest BCUT2D eigenvalue weighted by atomic mass is 35.5. The van der Waals surface area contributed by atoms with Gasteiger partial charge in [0.05, 0.1) is 17.2 Å². The largest absolute Gasteiger partial charge is 0.497 e. The zero-order valence-corrected chi connectivity index (χ0v) is 18.9. The van der Waals surface area contributed by atoms with E-state index in [0.29, 0.717) is 16.6 Å². The van der Waals surface area contributed by atoms with Gasteiger partial charge >= 0.3 is 0 Å². The van der Waals surface area contributed by atoms with Gasteiger partial charge in [0.25, 0.3) is 5.91 Å². The van der Waals surface area contributed by atoms with Gasteiger partial charge in [-0.15, -0.1) is 0 Å². The fraction of sp³-hybridized carbons (Fsp3) is 0.167. The number of halogens is 2. The minimum Gasteiger partial charge on any atom is -0.497 e. The molecule has 0 saturated carbocycles. The number of nitrogens with zero attached hydrogens (tertiary/aromatic N) is 2. The monoisotopic (exact) mass is 453 g/mol. The zero-order chi connectivity index (χ0) is 22.5. The molecule has 0 radical (unpaired) electrons. The molecule has 0 aliphatic heterocycles. The molecular formula is C24H21Cl2N3O2. The Balaban J connectivity index is 1.82. The molecule has 1 N–H and O–H groups in total. The quantitative estimate of drug-likeness (QED) is 0.388. The van der Waals surface area contributed by atoms with Crippen LogP contribution < -0.4 is 10.1 Å². The summed E-state index contributed by atoms with van der Waals surface area (Å²) in [7, 11) is 1.60. The van der Waals surface area contributed by atoms with E-state index in [1.807, 2.05) is 60.9 Å². The van der Waals surface area contributed by atoms with Crippen LogP contribution in [0.2, 0.25) is 10.0 Å². The maximum Gasteiger partial charge on any atom is 0.262 e. The highest BCUT2D eigenvalue weighted by molar-refractivity contribution is 6.42. The van der Waals surface area contributed by atoms with Crippen LogP contribution in [0.1, 0.15) is 22.5 Å². The van der Waals surface area contributed by atoms with Crippen LogP contribution >= 0.6 is 23.2 Å². The van der Waals surface area contributed by atoms with Crippen molar-refractivity contribution in [2.75, 3.05) is 7.11 Å². The van der Waals surface area contributed by atoms with Gasteiger partial charge in [-0.2, -0.15) is 5.26 Å². The summed E-state index contributed by atoms with van der Waals surface area (Å²) in [6, 6.07) is 16.7. The second-order valence-electron chi connectivity index (χ2n) is 6.96.